The molecule has 0 fully saturated rings. The molecule has 0 aliphatic heterocycles. The molecular formula is C16H18O2S. The first-order valence-corrected chi connectivity index (χ1v) is 7.56. The molecule has 1 N–H and O–H groups in total. The molecule has 0 amide bonds. The first-order chi connectivity index (χ1) is 9.26. The SMILES string of the molecule is CC[C@H](O)c1ccccc1Oc1ccccc1SC. The molecule has 19 heavy (non-hydrogen) atoms. The number of benzene rings is 2. The van der Waals surface area contributed by atoms with Crippen molar-refractivity contribution in [1.82, 2.24) is 0 Å². The van der Waals surface area contributed by atoms with Gasteiger partial charge < -0.3 is 9.84 Å². The Hall–Kier alpha value is -1.45. The first kappa shape index (κ1) is 14.0. The zero-order valence-electron chi connectivity index (χ0n) is 11.2. The summed E-state index contributed by atoms with van der Waals surface area (Å²) in [5, 5.41) is 10.0. The third-order valence-electron chi connectivity index (χ3n) is 2.95. The monoisotopic (exact) mass is 274 g/mol. The highest BCUT2D eigenvalue weighted by Crippen LogP contribution is 2.35. The molecule has 0 spiro atoms. The van der Waals surface area contributed by atoms with Crippen molar-refractivity contribution >= 4 is 11.8 Å². The van der Waals surface area contributed by atoms with Gasteiger partial charge in [0.25, 0.3) is 0 Å². The molecule has 0 heterocycles. The average molecular weight is 274 g/mol. The molecule has 2 rings (SSSR count). The predicted molar refractivity (Wildman–Crippen MR) is 80.0 cm³/mol. The summed E-state index contributed by atoms with van der Waals surface area (Å²) in [6.45, 7) is 1.96. The number of hydrogen-bond donors (Lipinski definition) is 1. The molecule has 0 aliphatic carbocycles. The third kappa shape index (κ3) is 3.31. The Kier molecular flexibility index (Phi) is 4.88. The number of thioether (sulfide) groups is 1. The van der Waals surface area contributed by atoms with Gasteiger partial charge in [-0.1, -0.05) is 37.3 Å². The zero-order valence-corrected chi connectivity index (χ0v) is 12.0. The van der Waals surface area contributed by atoms with Gasteiger partial charge in [0.05, 0.1) is 6.10 Å². The molecule has 0 saturated heterocycles. The molecule has 0 bridgehead atoms. The number of rotatable bonds is 5. The van der Waals surface area contributed by atoms with E-state index in [1.807, 2.05) is 61.7 Å². The van der Waals surface area contributed by atoms with E-state index in [-0.39, 0.29) is 0 Å². The van der Waals surface area contributed by atoms with Gasteiger partial charge in [0.1, 0.15) is 11.5 Å². The number of ether oxygens (including phenoxy) is 1. The summed E-state index contributed by atoms with van der Waals surface area (Å²) in [7, 11) is 0. The van der Waals surface area contributed by atoms with Crippen LogP contribution in [0.5, 0.6) is 11.5 Å². The van der Waals surface area contributed by atoms with Crippen molar-refractivity contribution < 1.29 is 9.84 Å². The van der Waals surface area contributed by atoms with Crippen molar-refractivity contribution in [3.63, 3.8) is 0 Å². The van der Waals surface area contributed by atoms with Gasteiger partial charge in [-0.3, -0.25) is 0 Å². The molecule has 0 unspecified atom stereocenters. The molecular weight excluding hydrogens is 256 g/mol. The van der Waals surface area contributed by atoms with Crippen LogP contribution in [0.1, 0.15) is 25.0 Å². The van der Waals surface area contributed by atoms with E-state index in [4.69, 9.17) is 4.74 Å². The molecule has 0 saturated carbocycles. The lowest BCUT2D eigenvalue weighted by atomic mass is 10.1. The lowest BCUT2D eigenvalue weighted by Gasteiger charge is -2.16. The molecule has 2 nitrogen and oxygen atoms in total. The second-order valence-electron chi connectivity index (χ2n) is 4.21. The van der Waals surface area contributed by atoms with E-state index in [0.717, 1.165) is 22.0 Å². The molecule has 0 aliphatic rings. The lowest BCUT2D eigenvalue weighted by molar-refractivity contribution is 0.170. The standard InChI is InChI=1S/C16H18O2S/c1-3-13(17)12-8-4-5-9-14(12)18-15-10-6-7-11-16(15)19-2/h4-11,13,17H,3H2,1-2H3/t13-/m0/s1. The van der Waals surface area contributed by atoms with Crippen LogP contribution >= 0.6 is 11.8 Å². The zero-order chi connectivity index (χ0) is 13.7. The second-order valence-corrected chi connectivity index (χ2v) is 5.06. The first-order valence-electron chi connectivity index (χ1n) is 6.34. The van der Waals surface area contributed by atoms with E-state index in [1.165, 1.54) is 0 Å². The Labute approximate surface area is 118 Å². The van der Waals surface area contributed by atoms with Gasteiger partial charge in [-0.05, 0) is 30.9 Å². The van der Waals surface area contributed by atoms with Crippen LogP contribution in [0.15, 0.2) is 53.4 Å². The van der Waals surface area contributed by atoms with Crippen molar-refractivity contribution in [3.8, 4) is 11.5 Å². The Bertz CT molecular complexity index is 540. The summed E-state index contributed by atoms with van der Waals surface area (Å²) in [5.74, 6) is 1.55. The normalized spacial score (nSPS) is 12.2. The quantitative estimate of drug-likeness (QED) is 0.805. The van der Waals surface area contributed by atoms with Crippen molar-refractivity contribution in [3.05, 3.63) is 54.1 Å². The Morgan fingerprint density at radius 2 is 1.68 bits per heavy atom. The van der Waals surface area contributed by atoms with Crippen LogP contribution in [0.3, 0.4) is 0 Å². The van der Waals surface area contributed by atoms with Crippen LogP contribution in [0, 0.1) is 0 Å². The maximum absolute atomic E-state index is 10.0. The van der Waals surface area contributed by atoms with Crippen molar-refractivity contribution in [1.29, 1.82) is 0 Å². The summed E-state index contributed by atoms with van der Waals surface area (Å²) in [6.07, 6.45) is 2.21. The maximum atomic E-state index is 10.0. The van der Waals surface area contributed by atoms with Crippen molar-refractivity contribution in [2.45, 2.75) is 24.3 Å². The van der Waals surface area contributed by atoms with Gasteiger partial charge in [-0.2, -0.15) is 0 Å². The summed E-state index contributed by atoms with van der Waals surface area (Å²) < 4.78 is 5.97. The summed E-state index contributed by atoms with van der Waals surface area (Å²) >= 11 is 1.65. The van der Waals surface area contributed by atoms with E-state index < -0.39 is 6.10 Å². The van der Waals surface area contributed by atoms with Gasteiger partial charge in [0.15, 0.2) is 0 Å². The average Bonchev–Trinajstić information content (AvgIpc) is 2.47. The topological polar surface area (TPSA) is 29.5 Å². The minimum Gasteiger partial charge on any atom is -0.456 e. The fourth-order valence-corrected chi connectivity index (χ4v) is 2.42. The van der Waals surface area contributed by atoms with Crippen LogP contribution in [-0.2, 0) is 0 Å². The molecule has 100 valence electrons. The molecule has 0 aromatic heterocycles. The van der Waals surface area contributed by atoms with Crippen molar-refractivity contribution in [2.24, 2.45) is 0 Å². The summed E-state index contributed by atoms with van der Waals surface area (Å²) in [6, 6.07) is 15.6. The highest BCUT2D eigenvalue weighted by atomic mass is 32.2. The van der Waals surface area contributed by atoms with Gasteiger partial charge in [-0.25, -0.2) is 0 Å². The summed E-state index contributed by atoms with van der Waals surface area (Å²) in [4.78, 5) is 1.09. The van der Waals surface area contributed by atoms with Crippen LogP contribution in [-0.4, -0.2) is 11.4 Å². The maximum Gasteiger partial charge on any atom is 0.140 e. The predicted octanol–water partition coefficient (Wildman–Crippen LogP) is 4.64. The largest absolute Gasteiger partial charge is 0.456 e. The lowest BCUT2D eigenvalue weighted by Crippen LogP contribution is -1.99. The van der Waals surface area contributed by atoms with Gasteiger partial charge in [0, 0.05) is 10.5 Å². The Morgan fingerprint density at radius 3 is 2.37 bits per heavy atom. The number of para-hydroxylation sites is 2. The minimum atomic E-state index is -0.488. The van der Waals surface area contributed by atoms with E-state index in [1.54, 1.807) is 11.8 Å². The molecule has 3 heteroatoms. The highest BCUT2D eigenvalue weighted by Gasteiger charge is 2.12. The minimum absolute atomic E-state index is 0.488. The number of hydrogen-bond acceptors (Lipinski definition) is 3. The fraction of sp³-hybridized carbons (Fsp3) is 0.250. The Morgan fingerprint density at radius 1 is 1.05 bits per heavy atom. The number of aliphatic hydroxyl groups is 1. The Balaban J connectivity index is 2.33. The van der Waals surface area contributed by atoms with Gasteiger partial charge >= 0.3 is 0 Å². The van der Waals surface area contributed by atoms with Crippen LogP contribution in [0.4, 0.5) is 0 Å². The van der Waals surface area contributed by atoms with Gasteiger partial charge in [0.2, 0.25) is 0 Å². The molecule has 0 radical (unpaired) electrons. The second kappa shape index (κ2) is 6.64. The van der Waals surface area contributed by atoms with E-state index in [0.29, 0.717) is 6.42 Å². The summed E-state index contributed by atoms with van der Waals surface area (Å²) in [5.41, 5.74) is 0.834. The fourth-order valence-electron chi connectivity index (χ4n) is 1.89. The number of aliphatic hydroxyl groups excluding tert-OH is 1. The van der Waals surface area contributed by atoms with Crippen LogP contribution in [0.25, 0.3) is 0 Å². The third-order valence-corrected chi connectivity index (χ3v) is 3.73. The molecule has 1 atom stereocenters. The smallest absolute Gasteiger partial charge is 0.140 e. The van der Waals surface area contributed by atoms with Crippen LogP contribution < -0.4 is 4.74 Å². The molecule has 2 aromatic carbocycles. The molecule has 2 aromatic rings. The van der Waals surface area contributed by atoms with E-state index in [2.05, 4.69) is 0 Å². The van der Waals surface area contributed by atoms with Gasteiger partial charge in [-0.15, -0.1) is 11.8 Å². The van der Waals surface area contributed by atoms with Crippen LogP contribution in [0.2, 0.25) is 0 Å². The van der Waals surface area contributed by atoms with E-state index in [9.17, 15) is 5.11 Å². The highest BCUT2D eigenvalue weighted by molar-refractivity contribution is 7.98. The van der Waals surface area contributed by atoms with Crippen molar-refractivity contribution in [2.75, 3.05) is 6.26 Å². The van der Waals surface area contributed by atoms with E-state index >= 15 is 0 Å².